The van der Waals surface area contributed by atoms with Gasteiger partial charge in [0.05, 0.1) is 0 Å². The maximum atomic E-state index is 13.6. The molecule has 0 aliphatic heterocycles. The maximum Gasteiger partial charge on any atom is 0.251 e. The minimum atomic E-state index is -2.30. The van der Waals surface area contributed by atoms with Gasteiger partial charge in [0.15, 0.2) is 0 Å². The van der Waals surface area contributed by atoms with E-state index < -0.39 is 6.89 Å². The van der Waals surface area contributed by atoms with Crippen molar-refractivity contribution in [3.05, 3.63) is 121 Å². The Labute approximate surface area is 178 Å². The van der Waals surface area contributed by atoms with E-state index in [1.54, 1.807) is 4.90 Å². The zero-order valence-corrected chi connectivity index (χ0v) is 17.8. The van der Waals surface area contributed by atoms with E-state index in [1.165, 1.54) is 0 Å². The predicted octanol–water partition coefficient (Wildman–Crippen LogP) is 4.45. The minimum Gasteiger partial charge on any atom is -0.312 e. The number of nitrogens with zero attached hydrogens (tertiary/aromatic N) is 1. The van der Waals surface area contributed by atoms with E-state index in [-0.39, 0.29) is 5.91 Å². The van der Waals surface area contributed by atoms with Crippen LogP contribution in [0.3, 0.4) is 0 Å². The highest BCUT2D eigenvalue weighted by Crippen LogP contribution is 2.43. The third-order valence-electron chi connectivity index (χ3n) is 5.27. The second-order valence-corrected chi connectivity index (χ2v) is 10.3. The third kappa shape index (κ3) is 3.87. The van der Waals surface area contributed by atoms with Gasteiger partial charge in [-0.05, 0) is 34.9 Å². The van der Waals surface area contributed by atoms with Crippen molar-refractivity contribution < 1.29 is 4.79 Å². The van der Waals surface area contributed by atoms with Crippen molar-refractivity contribution in [3.8, 4) is 0 Å². The molecule has 1 amide bonds. The van der Waals surface area contributed by atoms with E-state index >= 15 is 0 Å². The summed E-state index contributed by atoms with van der Waals surface area (Å²) >= 11 is 0. The number of anilines is 1. The summed E-state index contributed by atoms with van der Waals surface area (Å²) in [6, 6.07) is 41.0. The van der Waals surface area contributed by atoms with Crippen LogP contribution in [0, 0.1) is 0 Å². The Kier molecular flexibility index (Phi) is 5.97. The summed E-state index contributed by atoms with van der Waals surface area (Å²) in [7, 11) is 1.84. The lowest BCUT2D eigenvalue weighted by Crippen LogP contribution is -2.33. The van der Waals surface area contributed by atoms with Gasteiger partial charge in [0.2, 0.25) is 0 Å². The van der Waals surface area contributed by atoms with Crippen LogP contribution >= 0.6 is 6.89 Å². The zero-order chi connectivity index (χ0) is 20.8. The molecule has 0 bridgehead atoms. The van der Waals surface area contributed by atoms with Crippen molar-refractivity contribution in [1.82, 2.24) is 0 Å². The molecule has 30 heavy (non-hydrogen) atoms. The fraction of sp³-hybridized carbons (Fsp3) is 0.0370. The van der Waals surface area contributed by atoms with Crippen LogP contribution in [0.25, 0.3) is 0 Å². The quantitative estimate of drug-likeness (QED) is 0.446. The van der Waals surface area contributed by atoms with Gasteiger partial charge in [0.25, 0.3) is 5.91 Å². The summed E-state index contributed by atoms with van der Waals surface area (Å²) in [6.45, 7) is -2.30. The molecule has 0 aliphatic rings. The van der Waals surface area contributed by atoms with Crippen LogP contribution in [-0.4, -0.2) is 18.8 Å². The number of hydrogen-bond acceptors (Lipinski definition) is 1. The van der Waals surface area contributed by atoms with Crippen LogP contribution in [-0.2, 0) is 4.79 Å². The Bertz CT molecular complexity index is 1050. The number of benzene rings is 4. The van der Waals surface area contributed by atoms with Crippen LogP contribution < -0.4 is 20.8 Å². The Morgan fingerprint density at radius 1 is 0.600 bits per heavy atom. The standard InChI is InChI=1S/C27H24NOP/c1-28(23-14-6-2-7-15-23)27(29)22-30(24-16-8-3-9-17-24,25-18-10-4-11-19-25)26-20-12-5-13-21-26/h2-22H,1H3. The Morgan fingerprint density at radius 2 is 0.933 bits per heavy atom. The number of amides is 1. The van der Waals surface area contributed by atoms with Crippen LogP contribution in [0.5, 0.6) is 0 Å². The van der Waals surface area contributed by atoms with E-state index in [0.29, 0.717) is 0 Å². The van der Waals surface area contributed by atoms with Gasteiger partial charge in [0, 0.05) is 18.5 Å². The molecule has 0 saturated heterocycles. The van der Waals surface area contributed by atoms with Crippen LogP contribution in [0.1, 0.15) is 0 Å². The van der Waals surface area contributed by atoms with Gasteiger partial charge >= 0.3 is 0 Å². The molecule has 0 aliphatic carbocycles. The van der Waals surface area contributed by atoms with Gasteiger partial charge < -0.3 is 4.90 Å². The van der Waals surface area contributed by atoms with Gasteiger partial charge in [-0.25, -0.2) is 0 Å². The van der Waals surface area contributed by atoms with Crippen LogP contribution in [0.4, 0.5) is 5.69 Å². The first-order valence-corrected chi connectivity index (χ1v) is 11.8. The molecule has 0 N–H and O–H groups in total. The van der Waals surface area contributed by atoms with Gasteiger partial charge in [-0.15, -0.1) is 0 Å². The molecule has 0 fully saturated rings. The molecule has 3 heteroatoms. The molecule has 4 aromatic carbocycles. The van der Waals surface area contributed by atoms with E-state index in [0.717, 1.165) is 21.6 Å². The zero-order valence-electron chi connectivity index (χ0n) is 16.9. The lowest BCUT2D eigenvalue weighted by molar-refractivity contribution is -0.111. The normalized spacial score (nSPS) is 11.0. The monoisotopic (exact) mass is 409 g/mol. The topological polar surface area (TPSA) is 20.3 Å². The predicted molar refractivity (Wildman–Crippen MR) is 131 cm³/mol. The number of hydrogen-bond donors (Lipinski definition) is 0. The molecular weight excluding hydrogens is 385 g/mol. The molecule has 0 saturated carbocycles. The summed E-state index contributed by atoms with van der Waals surface area (Å²) in [5.74, 6) is 1.95. The summed E-state index contributed by atoms with van der Waals surface area (Å²) in [5.41, 5.74) is 0.881. The molecule has 0 atom stereocenters. The van der Waals surface area contributed by atoms with E-state index in [1.807, 2.05) is 61.4 Å². The maximum absolute atomic E-state index is 13.6. The summed E-state index contributed by atoms with van der Waals surface area (Å²) in [4.78, 5) is 15.3. The molecule has 148 valence electrons. The van der Waals surface area contributed by atoms with Crippen molar-refractivity contribution in [2.45, 2.75) is 0 Å². The minimum absolute atomic E-state index is 0.00825. The summed E-state index contributed by atoms with van der Waals surface area (Å²) < 4.78 is 0. The van der Waals surface area contributed by atoms with E-state index in [2.05, 4.69) is 72.8 Å². The van der Waals surface area contributed by atoms with Crippen molar-refractivity contribution in [3.63, 3.8) is 0 Å². The fourth-order valence-electron chi connectivity index (χ4n) is 3.69. The highest BCUT2D eigenvalue weighted by molar-refractivity contribution is 7.95. The second-order valence-electron chi connectivity index (χ2n) is 7.09. The van der Waals surface area contributed by atoms with Gasteiger partial charge in [-0.3, -0.25) is 4.79 Å². The Hall–Kier alpha value is -3.35. The van der Waals surface area contributed by atoms with Crippen molar-refractivity contribution in [2.75, 3.05) is 11.9 Å². The molecule has 2 nitrogen and oxygen atoms in total. The Balaban J connectivity index is 2.00. The van der Waals surface area contributed by atoms with E-state index in [9.17, 15) is 4.79 Å². The highest BCUT2D eigenvalue weighted by Gasteiger charge is 2.27. The fourth-order valence-corrected chi connectivity index (χ4v) is 7.46. The molecule has 0 aromatic heterocycles. The average molecular weight is 409 g/mol. The molecular formula is C27H24NOP. The van der Waals surface area contributed by atoms with Gasteiger partial charge in [-0.1, -0.05) is 109 Å². The number of rotatable bonds is 5. The smallest absolute Gasteiger partial charge is 0.251 e. The number of carbonyl (C=O) groups excluding carboxylic acids is 1. The molecule has 0 radical (unpaired) electrons. The van der Waals surface area contributed by atoms with Crippen LogP contribution in [0.15, 0.2) is 121 Å². The largest absolute Gasteiger partial charge is 0.312 e. The highest BCUT2D eigenvalue weighted by atomic mass is 31.2. The third-order valence-corrected chi connectivity index (χ3v) is 9.21. The van der Waals surface area contributed by atoms with Crippen molar-refractivity contribution in [1.29, 1.82) is 0 Å². The molecule has 0 unspecified atom stereocenters. The second kappa shape index (κ2) is 8.98. The first-order valence-electron chi connectivity index (χ1n) is 9.96. The molecule has 0 heterocycles. The van der Waals surface area contributed by atoms with Gasteiger partial charge in [0.1, 0.15) is 0 Å². The molecule has 0 spiro atoms. The van der Waals surface area contributed by atoms with Gasteiger partial charge in [-0.2, -0.15) is 0 Å². The van der Waals surface area contributed by atoms with Crippen LogP contribution in [0.2, 0.25) is 0 Å². The Morgan fingerprint density at radius 3 is 1.30 bits per heavy atom. The summed E-state index contributed by atoms with van der Waals surface area (Å²) in [6.07, 6.45) is 0. The molecule has 4 rings (SSSR count). The van der Waals surface area contributed by atoms with Crippen molar-refractivity contribution >= 4 is 40.2 Å². The number of carbonyl (C=O) groups is 1. The first kappa shape index (κ1) is 19.9. The SMILES string of the molecule is CN(C(=O)C=P(c1ccccc1)(c1ccccc1)c1ccccc1)c1ccccc1. The lowest BCUT2D eigenvalue weighted by atomic mass is 10.3. The lowest BCUT2D eigenvalue weighted by Gasteiger charge is -2.29. The first-order chi connectivity index (χ1) is 14.7. The molecule has 4 aromatic rings. The van der Waals surface area contributed by atoms with E-state index in [4.69, 9.17) is 0 Å². The average Bonchev–Trinajstić information content (AvgIpc) is 2.84. The number of para-hydroxylation sites is 1. The summed E-state index contributed by atoms with van der Waals surface area (Å²) in [5, 5.41) is 3.49. The van der Waals surface area contributed by atoms with Crippen molar-refractivity contribution in [2.24, 2.45) is 0 Å².